The predicted octanol–water partition coefficient (Wildman–Crippen LogP) is 4.20. The van der Waals surface area contributed by atoms with Gasteiger partial charge < -0.3 is 10.2 Å². The number of pyridine rings is 1. The van der Waals surface area contributed by atoms with Crippen LogP contribution in [0, 0.1) is 13.8 Å². The van der Waals surface area contributed by atoms with Gasteiger partial charge in [0, 0.05) is 42.8 Å². The third-order valence-corrected chi connectivity index (χ3v) is 4.74. The van der Waals surface area contributed by atoms with Gasteiger partial charge in [0.25, 0.3) is 5.91 Å². The number of likely N-dealkylation sites (N-methyl/N-ethyl adjacent to an activating group) is 1. The normalized spacial score (nSPS) is 10.6. The largest absolute Gasteiger partial charge is 0.340 e. The summed E-state index contributed by atoms with van der Waals surface area (Å²) >= 11 is 6.18. The molecular formula is C21H22ClN5O. The number of carbonyl (C=O) groups excluding carboxylic acids is 1. The molecule has 0 spiro atoms. The maximum absolute atomic E-state index is 12.8. The van der Waals surface area contributed by atoms with Crippen molar-refractivity contribution < 1.29 is 4.79 Å². The molecule has 3 rings (SSSR count). The van der Waals surface area contributed by atoms with Crippen molar-refractivity contribution in [2.24, 2.45) is 0 Å². The first-order valence-corrected chi connectivity index (χ1v) is 9.33. The summed E-state index contributed by atoms with van der Waals surface area (Å²) in [5.41, 5.74) is 3.29. The van der Waals surface area contributed by atoms with Crippen LogP contribution in [0.2, 0.25) is 5.02 Å². The Balaban J connectivity index is 1.72. The lowest BCUT2D eigenvalue weighted by atomic mass is 10.2. The van der Waals surface area contributed by atoms with Crippen LogP contribution < -0.4 is 5.32 Å². The average Bonchev–Trinajstić information content (AvgIpc) is 2.68. The molecule has 6 nitrogen and oxygen atoms in total. The first-order chi connectivity index (χ1) is 13.4. The van der Waals surface area contributed by atoms with E-state index in [-0.39, 0.29) is 5.91 Å². The summed E-state index contributed by atoms with van der Waals surface area (Å²) in [5.74, 6) is 0.928. The molecule has 0 aliphatic heterocycles. The number of rotatable bonds is 6. The Bertz CT molecular complexity index is 978. The molecule has 0 fully saturated rings. The van der Waals surface area contributed by atoms with Crippen molar-refractivity contribution in [1.82, 2.24) is 19.9 Å². The van der Waals surface area contributed by atoms with E-state index in [1.807, 2.05) is 37.3 Å². The van der Waals surface area contributed by atoms with Crippen LogP contribution in [-0.4, -0.2) is 39.4 Å². The number of hydrogen-bond donors (Lipinski definition) is 1. The minimum absolute atomic E-state index is 0.149. The molecule has 2 aromatic heterocycles. The lowest BCUT2D eigenvalue weighted by Gasteiger charge is -2.17. The van der Waals surface area contributed by atoms with Gasteiger partial charge in [0.15, 0.2) is 0 Å². The quantitative estimate of drug-likeness (QED) is 0.677. The molecule has 0 aliphatic carbocycles. The van der Waals surface area contributed by atoms with Crippen LogP contribution in [-0.2, 0) is 6.42 Å². The van der Waals surface area contributed by atoms with E-state index < -0.39 is 0 Å². The molecule has 0 radical (unpaired) electrons. The first kappa shape index (κ1) is 19.8. The lowest BCUT2D eigenvalue weighted by Crippen LogP contribution is -2.30. The zero-order chi connectivity index (χ0) is 20.1. The van der Waals surface area contributed by atoms with Crippen LogP contribution in [0.15, 0.2) is 48.8 Å². The summed E-state index contributed by atoms with van der Waals surface area (Å²) in [4.78, 5) is 27.1. The fourth-order valence-corrected chi connectivity index (χ4v) is 2.88. The molecule has 0 bridgehead atoms. The predicted molar refractivity (Wildman–Crippen MR) is 111 cm³/mol. The van der Waals surface area contributed by atoms with Gasteiger partial charge in [-0.3, -0.25) is 9.78 Å². The van der Waals surface area contributed by atoms with Crippen molar-refractivity contribution in [3.05, 3.63) is 76.5 Å². The minimum Gasteiger partial charge on any atom is -0.340 e. The Hall–Kier alpha value is -2.99. The molecule has 28 heavy (non-hydrogen) atoms. The van der Waals surface area contributed by atoms with Crippen molar-refractivity contribution in [2.75, 3.05) is 18.9 Å². The molecule has 0 saturated carbocycles. The Labute approximate surface area is 169 Å². The van der Waals surface area contributed by atoms with Gasteiger partial charge in [0.1, 0.15) is 17.3 Å². The highest BCUT2D eigenvalue weighted by atomic mass is 35.5. The van der Waals surface area contributed by atoms with E-state index in [9.17, 15) is 4.79 Å². The Morgan fingerprint density at radius 2 is 1.86 bits per heavy atom. The molecule has 3 aromatic rings. The highest BCUT2D eigenvalue weighted by Crippen LogP contribution is 2.23. The number of aryl methyl sites for hydroxylation is 2. The van der Waals surface area contributed by atoms with Gasteiger partial charge in [0.05, 0.1) is 0 Å². The molecule has 0 aliphatic rings. The molecule has 0 atom stereocenters. The summed E-state index contributed by atoms with van der Waals surface area (Å²) in [6.07, 6.45) is 4.25. The van der Waals surface area contributed by atoms with E-state index in [0.29, 0.717) is 28.9 Å². The standard InChI is InChI=1S/C21H22ClN5O/c1-14-4-5-17(12-18(14)22)26-20-13-19(24-15(2)25-20)21(28)27(3)11-8-16-6-9-23-10-7-16/h4-7,9-10,12-13H,8,11H2,1-3H3,(H,24,25,26). The SMILES string of the molecule is Cc1nc(Nc2ccc(C)c(Cl)c2)cc(C(=O)N(C)CCc2ccncc2)n1. The maximum Gasteiger partial charge on any atom is 0.272 e. The third-order valence-electron chi connectivity index (χ3n) is 4.33. The van der Waals surface area contributed by atoms with E-state index in [1.54, 1.807) is 37.3 Å². The fourth-order valence-electron chi connectivity index (χ4n) is 2.70. The van der Waals surface area contributed by atoms with Crippen molar-refractivity contribution in [3.63, 3.8) is 0 Å². The van der Waals surface area contributed by atoms with Gasteiger partial charge in [-0.2, -0.15) is 0 Å². The molecule has 1 amide bonds. The van der Waals surface area contributed by atoms with E-state index in [4.69, 9.17) is 11.6 Å². The summed E-state index contributed by atoms with van der Waals surface area (Å²) in [7, 11) is 1.77. The molecule has 7 heteroatoms. The second kappa shape index (κ2) is 8.80. The average molecular weight is 396 g/mol. The number of benzene rings is 1. The number of carbonyl (C=O) groups is 1. The monoisotopic (exact) mass is 395 g/mol. The number of hydrogen-bond acceptors (Lipinski definition) is 5. The number of halogens is 1. The maximum atomic E-state index is 12.8. The van der Waals surface area contributed by atoms with Crippen LogP contribution in [0.25, 0.3) is 0 Å². The van der Waals surface area contributed by atoms with Crippen LogP contribution in [0.4, 0.5) is 11.5 Å². The van der Waals surface area contributed by atoms with Gasteiger partial charge in [-0.1, -0.05) is 17.7 Å². The minimum atomic E-state index is -0.149. The van der Waals surface area contributed by atoms with Crippen LogP contribution in [0.5, 0.6) is 0 Å². The van der Waals surface area contributed by atoms with Crippen molar-refractivity contribution >= 4 is 29.0 Å². The number of anilines is 2. The second-order valence-electron chi connectivity index (χ2n) is 6.61. The smallest absolute Gasteiger partial charge is 0.272 e. The molecule has 0 saturated heterocycles. The van der Waals surface area contributed by atoms with Gasteiger partial charge in [-0.05, 0) is 55.7 Å². The molecule has 144 valence electrons. The molecule has 2 heterocycles. The zero-order valence-electron chi connectivity index (χ0n) is 16.1. The van der Waals surface area contributed by atoms with Gasteiger partial charge in [-0.15, -0.1) is 0 Å². The van der Waals surface area contributed by atoms with Gasteiger partial charge >= 0.3 is 0 Å². The number of nitrogens with one attached hydrogen (secondary N) is 1. The summed E-state index contributed by atoms with van der Waals surface area (Å²) in [6.45, 7) is 4.29. The molecule has 1 N–H and O–H groups in total. The van der Waals surface area contributed by atoms with E-state index >= 15 is 0 Å². The molecule has 1 aromatic carbocycles. The number of nitrogens with zero attached hydrogens (tertiary/aromatic N) is 4. The van der Waals surface area contributed by atoms with Crippen molar-refractivity contribution in [1.29, 1.82) is 0 Å². The zero-order valence-corrected chi connectivity index (χ0v) is 16.9. The summed E-state index contributed by atoms with van der Waals surface area (Å²) in [6, 6.07) is 11.2. The highest BCUT2D eigenvalue weighted by molar-refractivity contribution is 6.31. The molecular weight excluding hydrogens is 374 g/mol. The van der Waals surface area contributed by atoms with Crippen LogP contribution in [0.1, 0.15) is 27.4 Å². The lowest BCUT2D eigenvalue weighted by molar-refractivity contribution is 0.0790. The topological polar surface area (TPSA) is 71.0 Å². The highest BCUT2D eigenvalue weighted by Gasteiger charge is 2.15. The summed E-state index contributed by atoms with van der Waals surface area (Å²) < 4.78 is 0. The van der Waals surface area contributed by atoms with Crippen molar-refractivity contribution in [2.45, 2.75) is 20.3 Å². The Morgan fingerprint density at radius 3 is 2.57 bits per heavy atom. The Kier molecular flexibility index (Phi) is 6.21. The van der Waals surface area contributed by atoms with E-state index in [0.717, 1.165) is 23.2 Å². The fraction of sp³-hybridized carbons (Fsp3) is 0.238. The van der Waals surface area contributed by atoms with Crippen molar-refractivity contribution in [3.8, 4) is 0 Å². The Morgan fingerprint density at radius 1 is 1.11 bits per heavy atom. The van der Waals surface area contributed by atoms with E-state index in [2.05, 4.69) is 20.3 Å². The van der Waals surface area contributed by atoms with E-state index in [1.165, 1.54) is 0 Å². The first-order valence-electron chi connectivity index (χ1n) is 8.95. The second-order valence-corrected chi connectivity index (χ2v) is 7.01. The number of amides is 1. The number of aromatic nitrogens is 3. The third kappa shape index (κ3) is 5.04. The summed E-state index contributed by atoms with van der Waals surface area (Å²) in [5, 5.41) is 3.86. The van der Waals surface area contributed by atoms with Crippen LogP contribution in [0.3, 0.4) is 0 Å². The molecule has 0 unspecified atom stereocenters. The van der Waals surface area contributed by atoms with Gasteiger partial charge in [-0.25, -0.2) is 9.97 Å². The van der Waals surface area contributed by atoms with Crippen LogP contribution >= 0.6 is 11.6 Å². The van der Waals surface area contributed by atoms with Gasteiger partial charge in [0.2, 0.25) is 0 Å².